The number of urea groups is 1. The molecule has 2 fully saturated rings. The summed E-state index contributed by atoms with van der Waals surface area (Å²) < 4.78 is 11.0. The minimum atomic E-state index is -1.29. The molecule has 186 valence electrons. The van der Waals surface area contributed by atoms with Gasteiger partial charge in [-0.1, -0.05) is 0 Å². The van der Waals surface area contributed by atoms with Gasteiger partial charge >= 0.3 is 155 Å². The summed E-state index contributed by atoms with van der Waals surface area (Å²) >= 11 is 0. The van der Waals surface area contributed by atoms with Crippen molar-refractivity contribution in [1.29, 1.82) is 0 Å². The van der Waals surface area contributed by atoms with Crippen molar-refractivity contribution < 1.29 is 29.2 Å². The van der Waals surface area contributed by atoms with Gasteiger partial charge in [0.1, 0.15) is 0 Å². The van der Waals surface area contributed by atoms with E-state index in [2.05, 4.69) is 15.0 Å². The summed E-state index contributed by atoms with van der Waals surface area (Å²) in [6, 6.07) is 3.02. The van der Waals surface area contributed by atoms with E-state index in [1.165, 1.54) is 22.7 Å². The number of nitrogens with zero attached hydrogens (tertiary/aromatic N) is 7. The second-order valence-corrected chi connectivity index (χ2v) is 8.58. The van der Waals surface area contributed by atoms with Crippen LogP contribution in [0.3, 0.4) is 0 Å². The van der Waals surface area contributed by atoms with E-state index in [9.17, 15) is 29.2 Å². The van der Waals surface area contributed by atoms with Crippen LogP contribution in [-0.2, 0) is 20.7 Å². The van der Waals surface area contributed by atoms with E-state index in [4.69, 9.17) is 0 Å². The quantitative estimate of drug-likeness (QED) is 0.350. The number of anilines is 2. The van der Waals surface area contributed by atoms with Gasteiger partial charge in [-0.3, -0.25) is 0 Å². The zero-order valence-electron chi connectivity index (χ0n) is 19.7. The van der Waals surface area contributed by atoms with Gasteiger partial charge in [0, 0.05) is 25.5 Å². The van der Waals surface area contributed by atoms with Crippen LogP contribution in [0.4, 0.5) is 16.6 Å². The van der Waals surface area contributed by atoms with Crippen molar-refractivity contribution in [2.45, 2.75) is 19.3 Å². The Labute approximate surface area is 208 Å². The molecule has 2 saturated heterocycles. The van der Waals surface area contributed by atoms with Crippen LogP contribution in [0.1, 0.15) is 5.56 Å². The topological polar surface area (TPSA) is 160 Å². The van der Waals surface area contributed by atoms with Crippen LogP contribution in [0.25, 0.3) is 0 Å². The third-order valence-corrected chi connectivity index (χ3v) is 6.34. The number of amides is 3. The van der Waals surface area contributed by atoms with Gasteiger partial charge in [-0.05, 0) is 6.07 Å². The van der Waals surface area contributed by atoms with Crippen molar-refractivity contribution in [1.82, 2.24) is 24.8 Å². The molecule has 4 rings (SSSR count). The molecule has 0 saturated carbocycles. The number of carbonyl (C=O) groups is 3. The number of imide groups is 1. The number of likely N-dealkylation sites (tertiary alicyclic amines) is 1. The number of aromatic nitrogens is 3. The van der Waals surface area contributed by atoms with Crippen LogP contribution in [0.15, 0.2) is 36.8 Å². The number of piperazine rings is 1. The fourth-order valence-corrected chi connectivity index (χ4v) is 4.46. The first-order valence-electron chi connectivity index (χ1n) is 11.5. The van der Waals surface area contributed by atoms with Gasteiger partial charge in [0.05, 0.1) is 0 Å². The van der Waals surface area contributed by atoms with Crippen molar-refractivity contribution in [3.8, 4) is 0 Å². The van der Waals surface area contributed by atoms with Gasteiger partial charge in [0.25, 0.3) is 0 Å². The van der Waals surface area contributed by atoms with Crippen molar-refractivity contribution >= 4 is 43.9 Å². The number of rotatable bonds is 8. The second-order valence-electron chi connectivity index (χ2n) is 8.58. The average molecular weight is 493 g/mol. The molecule has 0 aliphatic carbocycles. The van der Waals surface area contributed by atoms with Crippen molar-refractivity contribution in [3.63, 3.8) is 0 Å². The van der Waals surface area contributed by atoms with Gasteiger partial charge in [-0.2, -0.15) is 0 Å². The molecule has 0 bridgehead atoms. The SMILES string of the molecule is CB(O)N(CB=O)c1cc(C[C@H]2C(=O)N(C(=O)N3CCN(c4ncccn4)CC3)[C@@H]2C(=O)O)ccn1. The summed E-state index contributed by atoms with van der Waals surface area (Å²) in [6.07, 6.45) is 4.71. The molecule has 4 heterocycles. The van der Waals surface area contributed by atoms with E-state index in [0.717, 1.165) is 4.90 Å². The molecule has 0 aromatic carbocycles. The summed E-state index contributed by atoms with van der Waals surface area (Å²) in [5.74, 6) is -1.87. The summed E-state index contributed by atoms with van der Waals surface area (Å²) in [4.78, 5) is 56.2. The summed E-state index contributed by atoms with van der Waals surface area (Å²) in [5.41, 5.74) is 0.602. The normalized spacial score (nSPS) is 19.4. The third-order valence-electron chi connectivity index (χ3n) is 6.34. The summed E-state index contributed by atoms with van der Waals surface area (Å²) in [6.45, 7) is 3.01. The Hall–Kier alpha value is -3.87. The first-order chi connectivity index (χ1) is 17.3. The monoisotopic (exact) mass is 493 g/mol. The molecule has 2 aliphatic rings. The molecule has 36 heavy (non-hydrogen) atoms. The molecule has 0 radical (unpaired) electrons. The van der Waals surface area contributed by atoms with Gasteiger partial charge in [0.15, 0.2) is 0 Å². The molecule has 2 aromatic heterocycles. The average Bonchev–Trinajstić information content (AvgIpc) is 2.88. The van der Waals surface area contributed by atoms with Gasteiger partial charge < -0.3 is 4.90 Å². The molecule has 3 amide bonds. The maximum absolute atomic E-state index is 13.1. The predicted molar refractivity (Wildman–Crippen MR) is 129 cm³/mol. The molecular weight excluding hydrogens is 468 g/mol. The maximum atomic E-state index is 13.1. The summed E-state index contributed by atoms with van der Waals surface area (Å²) in [5, 5.41) is 19.7. The van der Waals surface area contributed by atoms with Gasteiger partial charge in [0.2, 0.25) is 5.95 Å². The van der Waals surface area contributed by atoms with Crippen LogP contribution >= 0.6 is 0 Å². The Balaban J connectivity index is 1.42. The molecule has 0 unspecified atom stereocenters. The molecule has 2 atom stereocenters. The number of aliphatic carboxylic acids is 1. The van der Waals surface area contributed by atoms with Crippen molar-refractivity contribution in [2.24, 2.45) is 5.92 Å². The molecule has 2 aromatic rings. The van der Waals surface area contributed by atoms with Gasteiger partial charge in [-0.15, -0.1) is 0 Å². The van der Waals surface area contributed by atoms with Crippen LogP contribution in [0, 0.1) is 5.92 Å². The summed E-state index contributed by atoms with van der Waals surface area (Å²) in [7, 11) is -0.343. The number of carboxylic acid groups (broad SMARTS) is 1. The number of hydrogen-bond acceptors (Lipinski definition) is 10. The molecule has 2 aliphatic heterocycles. The van der Waals surface area contributed by atoms with Crippen LogP contribution < -0.4 is 9.71 Å². The zero-order chi connectivity index (χ0) is 25.8. The molecule has 2 N–H and O–H groups in total. The Kier molecular flexibility index (Phi) is 7.58. The van der Waals surface area contributed by atoms with E-state index in [1.807, 2.05) is 4.90 Å². The van der Waals surface area contributed by atoms with Gasteiger partial charge in [-0.25, -0.2) is 9.97 Å². The third kappa shape index (κ3) is 5.05. The van der Waals surface area contributed by atoms with Crippen LogP contribution in [-0.4, -0.2) is 106 Å². The first kappa shape index (κ1) is 25.2. The Morgan fingerprint density at radius 2 is 1.86 bits per heavy atom. The van der Waals surface area contributed by atoms with E-state index in [-0.39, 0.29) is 12.9 Å². The fraction of sp³-hybridized carbons (Fsp3) is 0.429. The Bertz CT molecular complexity index is 1130. The Morgan fingerprint density at radius 1 is 1.17 bits per heavy atom. The fourth-order valence-electron chi connectivity index (χ4n) is 4.46. The van der Waals surface area contributed by atoms with E-state index >= 15 is 0 Å². The second kappa shape index (κ2) is 10.8. The predicted octanol–water partition coefficient (Wildman–Crippen LogP) is -0.808. The molecule has 0 spiro atoms. The van der Waals surface area contributed by atoms with Crippen molar-refractivity contribution in [2.75, 3.05) is 42.3 Å². The van der Waals surface area contributed by atoms with E-state index in [1.54, 1.807) is 30.6 Å². The number of carbonyl (C=O) groups excluding carboxylic acids is 2. The number of carboxylic acids is 1. The Morgan fingerprint density at radius 3 is 2.47 bits per heavy atom. The minimum absolute atomic E-state index is 0.0724. The van der Waals surface area contributed by atoms with E-state index in [0.29, 0.717) is 50.7 Å². The first-order valence-corrected chi connectivity index (χ1v) is 11.5. The molecular formula is C21H25B2N7O6. The zero-order valence-corrected chi connectivity index (χ0v) is 19.7. The standard InChI is InChI=1S/C21H25B2N7O6/c1-23(36)29(13-22-35)16-12-14(3-6-24-16)11-15-17(19(32)33)30(18(15)31)21(34)28-9-7-27(8-10-28)20-25-4-2-5-26-20/h2-6,12,15,17,36H,7-11,13H2,1H3,(H,32,33)/t15-,17+/m1/s1. The number of pyridine rings is 1. The number of β-lactam (4-membered cyclic amide) rings is 1. The molecule has 13 nitrogen and oxygen atoms in total. The number of hydrogen-bond donors (Lipinski definition) is 2. The molecule has 15 heteroatoms. The van der Waals surface area contributed by atoms with Crippen molar-refractivity contribution in [3.05, 3.63) is 42.4 Å². The van der Waals surface area contributed by atoms with Crippen LogP contribution in [0.5, 0.6) is 0 Å². The van der Waals surface area contributed by atoms with E-state index < -0.39 is 36.9 Å². The van der Waals surface area contributed by atoms with Crippen LogP contribution in [0.2, 0.25) is 6.82 Å².